The largest absolute Gasteiger partial charge is 0.393 e. The molecule has 6 saturated carbocycles. The number of Topliss-reactive ketones (excluding diaryl/α,β-unsaturated/α-hetero) is 2. The van der Waals surface area contributed by atoms with Crippen LogP contribution in [0.3, 0.4) is 0 Å². The zero-order valence-electron chi connectivity index (χ0n) is 42.3. The highest BCUT2D eigenvalue weighted by Gasteiger charge is 2.61. The number of rotatable bonds is 4. The first-order chi connectivity index (χ1) is 30.2. The predicted octanol–water partition coefficient (Wildman–Crippen LogP) is 14.0. The predicted molar refractivity (Wildman–Crippen MR) is 270 cm³/mol. The molecular weight excluding hydrogens is 797 g/mol. The molecular formula is C60H88O3Si. The third-order valence-corrected chi connectivity index (χ3v) is 27.6. The van der Waals surface area contributed by atoms with Gasteiger partial charge in [0, 0.05) is 11.8 Å². The second-order valence-electron chi connectivity index (χ2n) is 25.4. The first-order valence-electron chi connectivity index (χ1n) is 26.4. The Bertz CT molecular complexity index is 1920. The van der Waals surface area contributed by atoms with Crippen LogP contribution >= 0.6 is 0 Å². The lowest BCUT2D eigenvalue weighted by atomic mass is 9.47. The zero-order chi connectivity index (χ0) is 46.0. The van der Waals surface area contributed by atoms with Crippen LogP contribution in [-0.4, -0.2) is 30.9 Å². The average molecular weight is 885 g/mol. The topological polar surface area (TPSA) is 54.4 Å². The molecule has 0 spiro atoms. The lowest BCUT2D eigenvalue weighted by molar-refractivity contribution is -0.128. The van der Waals surface area contributed by atoms with Crippen molar-refractivity contribution in [2.24, 2.45) is 74.9 Å². The van der Waals surface area contributed by atoms with E-state index < -0.39 is 8.07 Å². The van der Waals surface area contributed by atoms with Crippen molar-refractivity contribution in [1.82, 2.24) is 0 Å². The van der Waals surface area contributed by atoms with E-state index in [2.05, 4.69) is 135 Å². The average Bonchev–Trinajstić information content (AvgIpc) is 3.82. The Balaban J connectivity index is 0.000000133. The normalized spacial score (nSPS) is 41.0. The Morgan fingerprint density at radius 3 is 1.42 bits per heavy atom. The van der Waals surface area contributed by atoms with E-state index in [0.29, 0.717) is 44.7 Å². The molecule has 0 radical (unpaired) electrons. The number of carbonyl (C=O) groups is 2. The van der Waals surface area contributed by atoms with Crippen LogP contribution in [0, 0.1) is 74.9 Å². The van der Waals surface area contributed by atoms with Crippen LogP contribution in [-0.2, 0) is 9.59 Å². The Hall–Kier alpha value is -2.56. The molecule has 8 aliphatic carbocycles. The summed E-state index contributed by atoms with van der Waals surface area (Å²) in [5.74, 6) is 7.22. The maximum Gasteiger partial charge on any atom is 0.133 e. The highest BCUT2D eigenvalue weighted by atomic mass is 28.3. The molecule has 6 fully saturated rings. The molecule has 1 N–H and O–H groups in total. The van der Waals surface area contributed by atoms with Gasteiger partial charge in [0.2, 0.25) is 0 Å². The summed E-state index contributed by atoms with van der Waals surface area (Å²) in [6.45, 7) is 25.6. The fraction of sp³-hybridized carbons (Fsp3) is 0.700. The van der Waals surface area contributed by atoms with E-state index in [1.165, 1.54) is 81.0 Å². The quantitative estimate of drug-likeness (QED) is 0.246. The fourth-order valence-electron chi connectivity index (χ4n) is 17.4. The van der Waals surface area contributed by atoms with Gasteiger partial charge in [-0.2, -0.15) is 0 Å². The van der Waals surface area contributed by atoms with Crippen molar-refractivity contribution in [3.8, 4) is 0 Å². The summed E-state index contributed by atoms with van der Waals surface area (Å²) in [4.78, 5) is 24.3. The molecule has 0 aliphatic heterocycles. The SMILES string of the molecule is CC(=O)[C@H]1CCC2C3CC=C4C[C@@H](C)CC[C@]4(C)C3CC[C@@]21C.CC(=O)[C@H]1CCC2C3CC=C4C[C@@H](O)CC[C@]4(C)C3CC[C@@]21C.CC(C)(C)[Si](C)(c1ccccc1)c1ccccc1. The monoisotopic (exact) mass is 885 g/mol. The summed E-state index contributed by atoms with van der Waals surface area (Å²) in [6.07, 6.45) is 24.7. The number of benzene rings is 2. The van der Waals surface area contributed by atoms with Crippen LogP contribution in [0.15, 0.2) is 84.0 Å². The number of carbonyl (C=O) groups excluding carboxylic acids is 2. The molecule has 0 bridgehead atoms. The molecule has 10 rings (SSSR count). The van der Waals surface area contributed by atoms with Gasteiger partial charge >= 0.3 is 0 Å². The summed E-state index contributed by atoms with van der Waals surface area (Å²) in [7, 11) is -1.70. The molecule has 2 aromatic carbocycles. The van der Waals surface area contributed by atoms with E-state index in [4.69, 9.17) is 0 Å². The molecule has 8 aliphatic rings. The minimum Gasteiger partial charge on any atom is -0.393 e. The van der Waals surface area contributed by atoms with Crippen LogP contribution in [0.2, 0.25) is 11.6 Å². The van der Waals surface area contributed by atoms with Gasteiger partial charge in [-0.1, -0.05) is 156 Å². The summed E-state index contributed by atoms with van der Waals surface area (Å²) < 4.78 is 0. The Morgan fingerprint density at radius 1 is 0.578 bits per heavy atom. The molecule has 0 heterocycles. The lowest BCUT2D eigenvalue weighted by Crippen LogP contribution is -2.61. The van der Waals surface area contributed by atoms with Crippen LogP contribution < -0.4 is 10.4 Å². The second kappa shape index (κ2) is 17.8. The van der Waals surface area contributed by atoms with E-state index >= 15 is 0 Å². The maximum absolute atomic E-state index is 12.2. The highest BCUT2D eigenvalue weighted by molar-refractivity contribution is 7.03. The summed E-state index contributed by atoms with van der Waals surface area (Å²) in [5.41, 5.74) is 4.69. The van der Waals surface area contributed by atoms with Crippen molar-refractivity contribution < 1.29 is 14.7 Å². The Morgan fingerprint density at radius 2 is 1.00 bits per heavy atom. The van der Waals surface area contributed by atoms with Crippen LogP contribution in [0.4, 0.5) is 0 Å². The molecule has 3 nitrogen and oxygen atoms in total. The molecule has 6 unspecified atom stereocenters. The fourth-order valence-corrected chi connectivity index (χ4v) is 21.2. The van der Waals surface area contributed by atoms with E-state index in [-0.39, 0.29) is 11.5 Å². The number of aliphatic hydroxyl groups excluding tert-OH is 1. The van der Waals surface area contributed by atoms with Gasteiger partial charge < -0.3 is 5.11 Å². The van der Waals surface area contributed by atoms with E-state index in [1.807, 2.05) is 13.8 Å². The molecule has 350 valence electrons. The lowest BCUT2D eigenvalue weighted by Gasteiger charge is -2.58. The van der Waals surface area contributed by atoms with Gasteiger partial charge in [0.05, 0.1) is 6.10 Å². The molecule has 0 aromatic heterocycles. The van der Waals surface area contributed by atoms with Crippen LogP contribution in [0.25, 0.3) is 0 Å². The van der Waals surface area contributed by atoms with Crippen molar-refractivity contribution in [3.05, 3.63) is 84.0 Å². The van der Waals surface area contributed by atoms with Gasteiger partial charge in [0.1, 0.15) is 19.6 Å². The number of ketones is 2. The van der Waals surface area contributed by atoms with Gasteiger partial charge in [0.25, 0.3) is 0 Å². The Labute approximate surface area is 391 Å². The molecule has 0 saturated heterocycles. The minimum atomic E-state index is -1.70. The van der Waals surface area contributed by atoms with Gasteiger partial charge in [-0.15, -0.1) is 0 Å². The number of allylic oxidation sites excluding steroid dienone is 3. The van der Waals surface area contributed by atoms with Crippen LogP contribution in [0.1, 0.15) is 172 Å². The number of aliphatic hydroxyl groups is 1. The molecule has 2 aromatic rings. The molecule has 64 heavy (non-hydrogen) atoms. The number of hydrogen-bond donors (Lipinski definition) is 1. The van der Waals surface area contributed by atoms with Crippen LogP contribution in [0.5, 0.6) is 0 Å². The van der Waals surface area contributed by atoms with Crippen molar-refractivity contribution >= 4 is 30.0 Å². The van der Waals surface area contributed by atoms with Crippen molar-refractivity contribution in [1.29, 1.82) is 0 Å². The highest BCUT2D eigenvalue weighted by Crippen LogP contribution is 2.68. The van der Waals surface area contributed by atoms with Crippen molar-refractivity contribution in [2.75, 3.05) is 0 Å². The smallest absolute Gasteiger partial charge is 0.133 e. The molecule has 0 amide bonds. The van der Waals surface area contributed by atoms with E-state index in [0.717, 1.165) is 73.5 Å². The molecule has 4 heteroatoms. The summed E-state index contributed by atoms with van der Waals surface area (Å²) >= 11 is 0. The molecule has 14 atom stereocenters. The van der Waals surface area contributed by atoms with Gasteiger partial charge in [-0.3, -0.25) is 9.59 Å². The Kier molecular flexibility index (Phi) is 13.3. The maximum atomic E-state index is 12.2. The third kappa shape index (κ3) is 8.09. The third-order valence-electron chi connectivity index (χ3n) is 21.6. The standard InChI is InChI=1S/C22H34O.C21H32O2.C17H22Si/c1-14-9-11-21(3)16(13-14)5-6-17-19-8-7-18(15(2)23)22(19,4)12-10-20(17)21;1-13(22)17-6-7-18-16-5-4-14-12-15(23)8-10-20(14,2)19(16)9-11-21(17,18)3;1-17(2,3)18(4,15-11-7-5-8-12-15)16-13-9-6-10-14-16/h5,14,17-20H,6-13H2,1-4H3;4,15-19,23H,5-12H2,1-3H3;5-14H,1-4H3/t14-,17?,18+,19?,20?,21-,22+;15-,16?,17+,18?,19?,20-,21+;/m00./s1. The van der Waals surface area contributed by atoms with E-state index in [9.17, 15) is 14.7 Å². The summed E-state index contributed by atoms with van der Waals surface area (Å²) in [6, 6.07) is 22.0. The number of fused-ring (bicyclic) bond motifs is 10. The second-order valence-corrected chi connectivity index (χ2v) is 30.3. The summed E-state index contributed by atoms with van der Waals surface area (Å²) in [5, 5.41) is 13.4. The van der Waals surface area contributed by atoms with Gasteiger partial charge in [-0.25, -0.2) is 0 Å². The van der Waals surface area contributed by atoms with Crippen molar-refractivity contribution in [3.63, 3.8) is 0 Å². The first kappa shape index (κ1) is 47.9. The van der Waals surface area contributed by atoms with Gasteiger partial charge in [-0.05, 0) is 185 Å². The van der Waals surface area contributed by atoms with Crippen molar-refractivity contribution in [2.45, 2.75) is 190 Å². The first-order valence-corrected chi connectivity index (χ1v) is 28.9. The number of hydrogen-bond acceptors (Lipinski definition) is 3. The van der Waals surface area contributed by atoms with E-state index in [1.54, 1.807) is 11.1 Å². The zero-order valence-corrected chi connectivity index (χ0v) is 43.3. The minimum absolute atomic E-state index is 0.117. The van der Waals surface area contributed by atoms with Gasteiger partial charge in [0.15, 0.2) is 0 Å².